The van der Waals surface area contributed by atoms with Crippen molar-refractivity contribution in [2.24, 2.45) is 0 Å². The molecular weight excluding hydrogens is 543 g/mol. The highest BCUT2D eigenvalue weighted by atomic mass is 35.5. The Balaban J connectivity index is 1.61. The molecule has 3 aromatic rings. The van der Waals surface area contributed by atoms with Gasteiger partial charge in [-0.25, -0.2) is 0 Å². The van der Waals surface area contributed by atoms with Crippen LogP contribution in [0.15, 0.2) is 53.4 Å². The van der Waals surface area contributed by atoms with E-state index in [0.717, 1.165) is 22.7 Å². The van der Waals surface area contributed by atoms with Crippen molar-refractivity contribution >= 4 is 63.8 Å². The Bertz CT molecular complexity index is 1480. The van der Waals surface area contributed by atoms with Crippen LogP contribution in [0.5, 0.6) is 23.0 Å². The number of nitrogens with one attached hydrogen (secondary N) is 1. The molecule has 3 aromatic carbocycles. The summed E-state index contributed by atoms with van der Waals surface area (Å²) in [5.74, 6) is -2.58. The summed E-state index contributed by atoms with van der Waals surface area (Å²) in [7, 11) is 1.30. The molecule has 0 aliphatic carbocycles. The Labute approximate surface area is 224 Å². The fraction of sp³-hybridized carbons (Fsp3) is 0.0800. The van der Waals surface area contributed by atoms with Crippen LogP contribution in [0.25, 0.3) is 6.08 Å². The van der Waals surface area contributed by atoms with Gasteiger partial charge in [-0.2, -0.15) is 0 Å². The van der Waals surface area contributed by atoms with Crippen LogP contribution in [-0.4, -0.2) is 44.4 Å². The Morgan fingerprint density at radius 2 is 1.78 bits per heavy atom. The number of ether oxygens (including phenoxy) is 1. The molecule has 0 unspecified atom stereocenters. The number of phenolic OH excluding ortho intramolecular Hbond substituents is 3. The number of nitrogens with zero attached hydrogens (tertiary/aromatic N) is 1. The van der Waals surface area contributed by atoms with E-state index in [-0.39, 0.29) is 34.2 Å². The minimum atomic E-state index is -0.746. The van der Waals surface area contributed by atoms with Gasteiger partial charge in [-0.05, 0) is 65.4 Å². The maximum atomic E-state index is 13.0. The molecule has 190 valence electrons. The third-order valence-corrected chi connectivity index (χ3v) is 6.94. The van der Waals surface area contributed by atoms with Gasteiger partial charge in [0, 0.05) is 11.8 Å². The van der Waals surface area contributed by atoms with Gasteiger partial charge in [0.15, 0.2) is 23.0 Å². The molecule has 1 fully saturated rings. The lowest BCUT2D eigenvalue weighted by Gasteiger charge is -2.13. The summed E-state index contributed by atoms with van der Waals surface area (Å²) in [6, 6.07) is 11.2. The van der Waals surface area contributed by atoms with E-state index in [1.807, 2.05) is 0 Å². The molecule has 0 aromatic heterocycles. The summed E-state index contributed by atoms with van der Waals surface area (Å²) >= 11 is 12.7. The van der Waals surface area contributed by atoms with Crippen LogP contribution in [-0.2, 0) is 11.3 Å². The molecule has 1 aliphatic rings. The van der Waals surface area contributed by atoms with Crippen LogP contribution in [0.2, 0.25) is 10.0 Å². The number of aromatic hydroxyl groups is 3. The van der Waals surface area contributed by atoms with E-state index in [4.69, 9.17) is 27.9 Å². The first-order chi connectivity index (χ1) is 17.6. The number of anilines is 1. The average molecular weight is 561 g/mol. The van der Waals surface area contributed by atoms with E-state index in [0.29, 0.717) is 21.2 Å². The van der Waals surface area contributed by atoms with Crippen molar-refractivity contribution in [3.63, 3.8) is 0 Å². The quantitative estimate of drug-likeness (QED) is 0.173. The van der Waals surface area contributed by atoms with Crippen LogP contribution < -0.4 is 10.1 Å². The number of carbonyl (C=O) groups excluding carboxylic acids is 3. The Morgan fingerprint density at radius 3 is 2.46 bits per heavy atom. The molecule has 1 saturated heterocycles. The number of halogens is 2. The van der Waals surface area contributed by atoms with Gasteiger partial charge in [0.2, 0.25) is 0 Å². The van der Waals surface area contributed by atoms with E-state index in [1.54, 1.807) is 18.2 Å². The summed E-state index contributed by atoms with van der Waals surface area (Å²) in [4.78, 5) is 39.5. The van der Waals surface area contributed by atoms with Gasteiger partial charge in [-0.3, -0.25) is 19.3 Å². The molecule has 9 nitrogen and oxygen atoms in total. The minimum Gasteiger partial charge on any atom is -0.504 e. The van der Waals surface area contributed by atoms with Gasteiger partial charge in [0.05, 0.1) is 34.2 Å². The fourth-order valence-electron chi connectivity index (χ4n) is 3.45. The van der Waals surface area contributed by atoms with Crippen LogP contribution >= 0.6 is 35.0 Å². The second-order valence-electron chi connectivity index (χ2n) is 7.79. The lowest BCUT2D eigenvalue weighted by atomic mass is 10.1. The molecule has 4 rings (SSSR count). The molecular formula is C25H18Cl2N2O7S. The largest absolute Gasteiger partial charge is 0.504 e. The summed E-state index contributed by atoms with van der Waals surface area (Å²) < 4.78 is 5.17. The monoisotopic (exact) mass is 560 g/mol. The number of imide groups is 1. The van der Waals surface area contributed by atoms with Gasteiger partial charge in [0.25, 0.3) is 17.1 Å². The first-order valence-corrected chi connectivity index (χ1v) is 12.1. The first kappa shape index (κ1) is 26.2. The highest BCUT2D eigenvalue weighted by Gasteiger charge is 2.35. The van der Waals surface area contributed by atoms with Crippen LogP contribution in [0.1, 0.15) is 21.5 Å². The van der Waals surface area contributed by atoms with Crippen molar-refractivity contribution in [2.45, 2.75) is 6.54 Å². The number of rotatable bonds is 6. The Kier molecular flexibility index (Phi) is 7.53. The van der Waals surface area contributed by atoms with E-state index < -0.39 is 28.6 Å². The van der Waals surface area contributed by atoms with Crippen LogP contribution in [0, 0.1) is 0 Å². The molecule has 0 radical (unpaired) electrons. The molecule has 0 bridgehead atoms. The summed E-state index contributed by atoms with van der Waals surface area (Å²) in [5.41, 5.74) is 0.901. The highest BCUT2D eigenvalue weighted by Crippen LogP contribution is 2.37. The molecule has 1 heterocycles. The van der Waals surface area contributed by atoms with Crippen molar-refractivity contribution in [2.75, 3.05) is 12.4 Å². The topological polar surface area (TPSA) is 136 Å². The summed E-state index contributed by atoms with van der Waals surface area (Å²) in [6.45, 7) is -0.00900. The van der Waals surface area contributed by atoms with Gasteiger partial charge in [-0.15, -0.1) is 0 Å². The van der Waals surface area contributed by atoms with Crippen molar-refractivity contribution in [1.82, 2.24) is 4.90 Å². The summed E-state index contributed by atoms with van der Waals surface area (Å²) in [6.07, 6.45) is 1.41. The van der Waals surface area contributed by atoms with Gasteiger partial charge < -0.3 is 25.4 Å². The normalized spacial score (nSPS) is 14.4. The minimum absolute atomic E-state index is 0.00900. The second-order valence-corrected chi connectivity index (χ2v) is 9.60. The average Bonchev–Trinajstić information content (AvgIpc) is 3.11. The molecule has 1 aliphatic heterocycles. The lowest BCUT2D eigenvalue weighted by molar-refractivity contribution is -0.123. The lowest BCUT2D eigenvalue weighted by Crippen LogP contribution is -2.27. The maximum absolute atomic E-state index is 13.0. The van der Waals surface area contributed by atoms with Crippen molar-refractivity contribution < 1.29 is 34.4 Å². The number of amides is 3. The second kappa shape index (κ2) is 10.6. The van der Waals surface area contributed by atoms with Crippen molar-refractivity contribution in [1.29, 1.82) is 0 Å². The zero-order valence-corrected chi connectivity index (χ0v) is 21.3. The third kappa shape index (κ3) is 5.61. The molecule has 0 spiro atoms. The van der Waals surface area contributed by atoms with Crippen molar-refractivity contribution in [3.05, 3.63) is 80.2 Å². The molecule has 0 atom stereocenters. The third-order valence-electron chi connectivity index (χ3n) is 5.29. The standard InChI is InChI=1S/C25H18Cl2N2O7S/c1-36-20-8-13(6-15(22(20)32)23(33)28-14-3-5-18(30)19(31)10-14)9-21-24(34)29(25(35)37-21)11-12-2-4-16(26)17(27)7-12/h2-10,30-32H,11H2,1H3,(H,28,33)/b21-9-. The SMILES string of the molecule is COc1cc(/C=C2\SC(=O)N(Cc3ccc(Cl)c(Cl)c3)C2=O)cc(C(=O)Nc2ccc(O)c(O)c2)c1O. The zero-order chi connectivity index (χ0) is 26.9. The molecule has 4 N–H and O–H groups in total. The molecule has 12 heteroatoms. The smallest absolute Gasteiger partial charge is 0.293 e. The predicted octanol–water partition coefficient (Wildman–Crippen LogP) is 5.61. The van der Waals surface area contributed by atoms with Crippen LogP contribution in [0.3, 0.4) is 0 Å². The van der Waals surface area contributed by atoms with Gasteiger partial charge in [0.1, 0.15) is 0 Å². The number of hydrogen-bond donors (Lipinski definition) is 4. The number of phenols is 3. The van der Waals surface area contributed by atoms with Gasteiger partial charge in [-0.1, -0.05) is 29.3 Å². The van der Waals surface area contributed by atoms with Crippen molar-refractivity contribution in [3.8, 4) is 23.0 Å². The van der Waals surface area contributed by atoms with E-state index in [2.05, 4.69) is 5.32 Å². The van der Waals surface area contributed by atoms with E-state index >= 15 is 0 Å². The Hall–Kier alpha value is -3.86. The molecule has 0 saturated carbocycles. The van der Waals surface area contributed by atoms with Crippen LogP contribution in [0.4, 0.5) is 10.5 Å². The molecule has 37 heavy (non-hydrogen) atoms. The fourth-order valence-corrected chi connectivity index (χ4v) is 4.61. The predicted molar refractivity (Wildman–Crippen MR) is 140 cm³/mol. The first-order valence-electron chi connectivity index (χ1n) is 10.5. The van der Waals surface area contributed by atoms with Gasteiger partial charge >= 0.3 is 0 Å². The molecule has 3 amide bonds. The number of thioether (sulfide) groups is 1. The van der Waals surface area contributed by atoms with E-state index in [9.17, 15) is 29.7 Å². The number of benzene rings is 3. The maximum Gasteiger partial charge on any atom is 0.293 e. The highest BCUT2D eigenvalue weighted by molar-refractivity contribution is 8.18. The summed E-state index contributed by atoms with van der Waals surface area (Å²) in [5, 5.41) is 32.3. The number of methoxy groups -OCH3 is 1. The number of carbonyl (C=O) groups is 3. The zero-order valence-electron chi connectivity index (χ0n) is 19.0. The Morgan fingerprint density at radius 1 is 1.03 bits per heavy atom. The van der Waals surface area contributed by atoms with E-state index in [1.165, 1.54) is 37.5 Å². The number of hydrogen-bond acceptors (Lipinski definition) is 8.